The fourth-order valence-electron chi connectivity index (χ4n) is 1.65. The Hall–Kier alpha value is -2.05. The van der Waals surface area contributed by atoms with Crippen molar-refractivity contribution in [2.45, 2.75) is 13.0 Å². The molecule has 2 aromatic rings. The van der Waals surface area contributed by atoms with E-state index >= 15 is 0 Å². The SMILES string of the molecule is CC(Nc1cc(C#N)ccc1Cl)c1cccnc1. The second-order valence-corrected chi connectivity index (χ2v) is 4.37. The van der Waals surface area contributed by atoms with Crippen LogP contribution in [0.15, 0.2) is 42.7 Å². The highest BCUT2D eigenvalue weighted by molar-refractivity contribution is 6.33. The van der Waals surface area contributed by atoms with Crippen LogP contribution in [0.1, 0.15) is 24.1 Å². The van der Waals surface area contributed by atoms with E-state index in [0.29, 0.717) is 10.6 Å². The Labute approximate surface area is 111 Å². The van der Waals surface area contributed by atoms with Gasteiger partial charge in [0.1, 0.15) is 0 Å². The van der Waals surface area contributed by atoms with Gasteiger partial charge in [-0.3, -0.25) is 4.98 Å². The van der Waals surface area contributed by atoms with E-state index in [9.17, 15) is 0 Å². The maximum atomic E-state index is 8.87. The average molecular weight is 258 g/mol. The molecule has 18 heavy (non-hydrogen) atoms. The quantitative estimate of drug-likeness (QED) is 0.910. The molecule has 1 atom stereocenters. The number of pyridine rings is 1. The highest BCUT2D eigenvalue weighted by Gasteiger charge is 2.08. The first-order valence-electron chi connectivity index (χ1n) is 5.57. The predicted octanol–water partition coefficient (Wildman–Crippen LogP) is 3.78. The summed E-state index contributed by atoms with van der Waals surface area (Å²) < 4.78 is 0. The van der Waals surface area contributed by atoms with Crippen LogP contribution in [-0.4, -0.2) is 4.98 Å². The molecule has 2 rings (SSSR count). The number of benzene rings is 1. The van der Waals surface area contributed by atoms with Crippen LogP contribution in [0.4, 0.5) is 5.69 Å². The maximum Gasteiger partial charge on any atom is 0.0992 e. The first kappa shape index (κ1) is 12.4. The molecule has 0 aliphatic carbocycles. The van der Waals surface area contributed by atoms with E-state index in [-0.39, 0.29) is 6.04 Å². The first-order valence-corrected chi connectivity index (χ1v) is 5.94. The monoisotopic (exact) mass is 257 g/mol. The van der Waals surface area contributed by atoms with E-state index in [4.69, 9.17) is 16.9 Å². The molecule has 0 aliphatic rings. The third-order valence-corrected chi connectivity index (χ3v) is 2.98. The second kappa shape index (κ2) is 5.52. The van der Waals surface area contributed by atoms with Crippen LogP contribution in [-0.2, 0) is 0 Å². The molecule has 1 aromatic carbocycles. The van der Waals surface area contributed by atoms with Gasteiger partial charge in [0, 0.05) is 12.4 Å². The van der Waals surface area contributed by atoms with E-state index in [2.05, 4.69) is 16.4 Å². The van der Waals surface area contributed by atoms with Crippen LogP contribution in [0.3, 0.4) is 0 Å². The van der Waals surface area contributed by atoms with Gasteiger partial charge in [0.15, 0.2) is 0 Å². The molecule has 0 saturated carbocycles. The van der Waals surface area contributed by atoms with Crippen molar-refractivity contribution in [3.8, 4) is 6.07 Å². The Morgan fingerprint density at radius 3 is 2.89 bits per heavy atom. The third-order valence-electron chi connectivity index (χ3n) is 2.65. The van der Waals surface area contributed by atoms with Gasteiger partial charge < -0.3 is 5.32 Å². The smallest absolute Gasteiger partial charge is 0.0992 e. The van der Waals surface area contributed by atoms with Crippen LogP contribution in [0.2, 0.25) is 5.02 Å². The maximum absolute atomic E-state index is 8.87. The molecule has 0 aliphatic heterocycles. The van der Waals surface area contributed by atoms with Gasteiger partial charge in [-0.05, 0) is 36.8 Å². The molecule has 0 radical (unpaired) electrons. The first-order chi connectivity index (χ1) is 8.70. The van der Waals surface area contributed by atoms with Gasteiger partial charge in [-0.2, -0.15) is 5.26 Å². The Balaban J connectivity index is 2.22. The van der Waals surface area contributed by atoms with Crippen molar-refractivity contribution in [3.05, 3.63) is 58.9 Å². The van der Waals surface area contributed by atoms with E-state index in [1.54, 1.807) is 30.6 Å². The Morgan fingerprint density at radius 1 is 1.39 bits per heavy atom. The Kier molecular flexibility index (Phi) is 3.81. The van der Waals surface area contributed by atoms with Crippen LogP contribution in [0.25, 0.3) is 0 Å². The minimum atomic E-state index is 0.0742. The Morgan fingerprint density at radius 2 is 2.22 bits per heavy atom. The highest BCUT2D eigenvalue weighted by Crippen LogP contribution is 2.26. The van der Waals surface area contributed by atoms with Gasteiger partial charge in [-0.15, -0.1) is 0 Å². The van der Waals surface area contributed by atoms with E-state index in [1.165, 1.54) is 0 Å². The summed E-state index contributed by atoms with van der Waals surface area (Å²) in [6.45, 7) is 2.02. The molecular weight excluding hydrogens is 246 g/mol. The lowest BCUT2D eigenvalue weighted by atomic mass is 10.1. The van der Waals surface area contributed by atoms with Gasteiger partial charge in [0.2, 0.25) is 0 Å². The lowest BCUT2D eigenvalue weighted by molar-refractivity contribution is 0.876. The molecule has 1 aromatic heterocycles. The topological polar surface area (TPSA) is 48.7 Å². The summed E-state index contributed by atoms with van der Waals surface area (Å²) in [5.74, 6) is 0. The lowest BCUT2D eigenvalue weighted by Crippen LogP contribution is -2.07. The molecule has 1 N–H and O–H groups in total. The van der Waals surface area contributed by atoms with Crippen molar-refractivity contribution in [2.75, 3.05) is 5.32 Å². The number of nitrogens with zero attached hydrogens (tertiary/aromatic N) is 2. The highest BCUT2D eigenvalue weighted by atomic mass is 35.5. The summed E-state index contributed by atoms with van der Waals surface area (Å²) in [5, 5.41) is 12.8. The van der Waals surface area contributed by atoms with E-state index in [0.717, 1.165) is 11.3 Å². The van der Waals surface area contributed by atoms with Crippen LogP contribution in [0.5, 0.6) is 0 Å². The molecular formula is C14H12ClN3. The summed E-state index contributed by atoms with van der Waals surface area (Å²) in [4.78, 5) is 4.08. The number of nitriles is 1. The predicted molar refractivity (Wildman–Crippen MR) is 72.4 cm³/mol. The second-order valence-electron chi connectivity index (χ2n) is 3.96. The summed E-state index contributed by atoms with van der Waals surface area (Å²) in [6.07, 6.45) is 3.54. The Bertz CT molecular complexity index is 575. The molecule has 0 fully saturated rings. The van der Waals surface area contributed by atoms with Gasteiger partial charge in [-0.1, -0.05) is 17.7 Å². The number of aromatic nitrogens is 1. The van der Waals surface area contributed by atoms with Crippen LogP contribution in [0, 0.1) is 11.3 Å². The number of hydrogen-bond donors (Lipinski definition) is 1. The summed E-state index contributed by atoms with van der Waals surface area (Å²) in [5.41, 5.74) is 2.41. The number of halogens is 1. The molecule has 0 bridgehead atoms. The normalized spacial score (nSPS) is 11.6. The van der Waals surface area contributed by atoms with E-state index in [1.807, 2.05) is 19.1 Å². The molecule has 3 nitrogen and oxygen atoms in total. The van der Waals surface area contributed by atoms with Gasteiger partial charge in [-0.25, -0.2) is 0 Å². The number of anilines is 1. The summed E-state index contributed by atoms with van der Waals surface area (Å²) >= 11 is 6.10. The number of hydrogen-bond acceptors (Lipinski definition) is 3. The molecule has 0 amide bonds. The van der Waals surface area contributed by atoms with Gasteiger partial charge in [0.05, 0.1) is 28.4 Å². The number of rotatable bonds is 3. The van der Waals surface area contributed by atoms with Crippen LogP contribution >= 0.6 is 11.6 Å². The summed E-state index contributed by atoms with van der Waals surface area (Å²) in [7, 11) is 0. The minimum absolute atomic E-state index is 0.0742. The van der Waals surface area contributed by atoms with Crippen molar-refractivity contribution in [3.63, 3.8) is 0 Å². The van der Waals surface area contributed by atoms with Crippen molar-refractivity contribution < 1.29 is 0 Å². The summed E-state index contributed by atoms with van der Waals surface area (Å²) in [6, 6.07) is 11.2. The molecule has 0 saturated heterocycles. The lowest BCUT2D eigenvalue weighted by Gasteiger charge is -2.16. The fourth-order valence-corrected chi connectivity index (χ4v) is 1.83. The van der Waals surface area contributed by atoms with Crippen LogP contribution < -0.4 is 5.32 Å². The van der Waals surface area contributed by atoms with Crippen molar-refractivity contribution in [1.29, 1.82) is 5.26 Å². The zero-order valence-electron chi connectivity index (χ0n) is 9.89. The van der Waals surface area contributed by atoms with Crippen molar-refractivity contribution >= 4 is 17.3 Å². The largest absolute Gasteiger partial charge is 0.377 e. The van der Waals surface area contributed by atoms with Gasteiger partial charge >= 0.3 is 0 Å². The molecule has 4 heteroatoms. The zero-order chi connectivity index (χ0) is 13.0. The molecule has 1 unspecified atom stereocenters. The molecule has 90 valence electrons. The number of nitrogens with one attached hydrogen (secondary N) is 1. The fraction of sp³-hybridized carbons (Fsp3) is 0.143. The van der Waals surface area contributed by atoms with Crippen molar-refractivity contribution in [2.24, 2.45) is 0 Å². The van der Waals surface area contributed by atoms with Gasteiger partial charge in [0.25, 0.3) is 0 Å². The van der Waals surface area contributed by atoms with E-state index < -0.39 is 0 Å². The minimum Gasteiger partial charge on any atom is -0.377 e. The standard InChI is InChI=1S/C14H12ClN3/c1-10(12-3-2-6-17-9-12)18-14-7-11(8-16)4-5-13(14)15/h2-7,9-10,18H,1H3. The third kappa shape index (κ3) is 2.79. The van der Waals surface area contributed by atoms with Crippen molar-refractivity contribution in [1.82, 2.24) is 4.98 Å². The average Bonchev–Trinajstić information content (AvgIpc) is 2.42. The zero-order valence-corrected chi connectivity index (χ0v) is 10.6. The molecule has 0 spiro atoms. The molecule has 1 heterocycles.